The molecule has 0 aliphatic heterocycles. The van der Waals surface area contributed by atoms with Crippen LogP contribution in [0.4, 0.5) is 0 Å². The van der Waals surface area contributed by atoms with Gasteiger partial charge in [0, 0.05) is 12.6 Å². The molecule has 2 N–H and O–H groups in total. The summed E-state index contributed by atoms with van der Waals surface area (Å²) < 4.78 is 27.3. The van der Waals surface area contributed by atoms with Crippen molar-refractivity contribution in [3.05, 3.63) is 29.3 Å². The van der Waals surface area contributed by atoms with E-state index in [-0.39, 0.29) is 28.5 Å². The molecule has 0 bridgehead atoms. The van der Waals surface area contributed by atoms with E-state index in [9.17, 15) is 13.5 Å². The van der Waals surface area contributed by atoms with Gasteiger partial charge in [0.2, 0.25) is 10.0 Å². The van der Waals surface area contributed by atoms with Crippen LogP contribution in [0.25, 0.3) is 0 Å². The minimum absolute atomic E-state index is 0.00832. The molecule has 0 amide bonds. The summed E-state index contributed by atoms with van der Waals surface area (Å²) in [7, 11) is -3.63. The van der Waals surface area contributed by atoms with Gasteiger partial charge in [-0.15, -0.1) is 0 Å². The van der Waals surface area contributed by atoms with Crippen LogP contribution in [-0.2, 0) is 10.0 Å². The molecule has 106 valence electrons. The summed E-state index contributed by atoms with van der Waals surface area (Å²) in [6, 6.07) is 6.17. The number of aliphatic hydroxyl groups excluding tert-OH is 1. The Labute approximate surface area is 118 Å². The quantitative estimate of drug-likeness (QED) is 0.896. The van der Waals surface area contributed by atoms with Gasteiger partial charge in [0.05, 0.1) is 5.02 Å². The first-order chi connectivity index (χ1) is 9.04. The Balaban J connectivity index is 2.19. The molecule has 4 nitrogen and oxygen atoms in total. The number of rotatable bonds is 4. The van der Waals surface area contributed by atoms with Crippen molar-refractivity contribution in [2.45, 2.75) is 36.6 Å². The molecule has 0 heterocycles. The van der Waals surface area contributed by atoms with Gasteiger partial charge < -0.3 is 5.11 Å². The Morgan fingerprint density at radius 1 is 1.26 bits per heavy atom. The van der Waals surface area contributed by atoms with Gasteiger partial charge in [0.25, 0.3) is 0 Å². The predicted molar refractivity (Wildman–Crippen MR) is 74.6 cm³/mol. The minimum atomic E-state index is -3.63. The fourth-order valence-corrected chi connectivity index (χ4v) is 4.37. The molecule has 0 spiro atoms. The molecule has 2 rings (SSSR count). The number of benzene rings is 1. The van der Waals surface area contributed by atoms with Crippen LogP contribution in [0, 0.1) is 5.92 Å². The van der Waals surface area contributed by atoms with E-state index >= 15 is 0 Å². The monoisotopic (exact) mass is 303 g/mol. The predicted octanol–water partition coefficient (Wildman–Crippen LogP) is 2.17. The summed E-state index contributed by atoms with van der Waals surface area (Å²) >= 11 is 5.93. The molecular formula is C13H18ClNO3S. The van der Waals surface area contributed by atoms with Gasteiger partial charge in [0.1, 0.15) is 4.90 Å². The van der Waals surface area contributed by atoms with Crippen LogP contribution >= 0.6 is 11.6 Å². The van der Waals surface area contributed by atoms with E-state index in [0.717, 1.165) is 25.7 Å². The fourth-order valence-electron chi connectivity index (χ4n) is 2.51. The van der Waals surface area contributed by atoms with Crippen molar-refractivity contribution in [1.29, 1.82) is 0 Å². The molecule has 0 saturated heterocycles. The van der Waals surface area contributed by atoms with Crippen molar-refractivity contribution < 1.29 is 13.5 Å². The van der Waals surface area contributed by atoms with Crippen molar-refractivity contribution in [3.63, 3.8) is 0 Å². The normalized spacial score (nSPS) is 24.3. The van der Waals surface area contributed by atoms with Crippen LogP contribution in [-0.4, -0.2) is 26.2 Å². The molecule has 0 aromatic heterocycles. The first-order valence-corrected chi connectivity index (χ1v) is 8.28. The van der Waals surface area contributed by atoms with Crippen molar-refractivity contribution in [1.82, 2.24) is 4.72 Å². The molecular weight excluding hydrogens is 286 g/mol. The summed E-state index contributed by atoms with van der Waals surface area (Å²) in [5.74, 6) is -0.00832. The second-order valence-corrected chi connectivity index (χ2v) is 6.97. The highest BCUT2D eigenvalue weighted by atomic mass is 35.5. The van der Waals surface area contributed by atoms with E-state index in [1.807, 2.05) is 0 Å². The lowest BCUT2D eigenvalue weighted by atomic mass is 9.86. The van der Waals surface area contributed by atoms with E-state index < -0.39 is 10.0 Å². The maximum Gasteiger partial charge on any atom is 0.242 e. The molecule has 1 saturated carbocycles. The van der Waals surface area contributed by atoms with E-state index in [2.05, 4.69) is 4.72 Å². The largest absolute Gasteiger partial charge is 0.396 e. The van der Waals surface area contributed by atoms with Crippen LogP contribution in [0.5, 0.6) is 0 Å². The van der Waals surface area contributed by atoms with Gasteiger partial charge in [-0.25, -0.2) is 13.1 Å². The van der Waals surface area contributed by atoms with Crippen molar-refractivity contribution >= 4 is 21.6 Å². The topological polar surface area (TPSA) is 66.4 Å². The van der Waals surface area contributed by atoms with Gasteiger partial charge in [-0.1, -0.05) is 36.6 Å². The third kappa shape index (κ3) is 3.48. The number of nitrogens with one attached hydrogen (secondary N) is 1. The van der Waals surface area contributed by atoms with Crippen LogP contribution in [0.3, 0.4) is 0 Å². The number of sulfonamides is 1. The molecule has 1 aromatic carbocycles. The Kier molecular flexibility index (Phi) is 4.84. The average Bonchev–Trinajstić information content (AvgIpc) is 2.39. The third-order valence-electron chi connectivity index (χ3n) is 3.58. The van der Waals surface area contributed by atoms with E-state index in [1.54, 1.807) is 18.2 Å². The standard InChI is InChI=1S/C13H18ClNO3S/c14-11-6-2-4-8-13(11)19(17,18)15-12-7-3-1-5-10(12)9-16/h2,4,6,8,10,12,15-16H,1,3,5,7,9H2. The molecule has 1 aliphatic carbocycles. The number of hydrogen-bond acceptors (Lipinski definition) is 3. The molecule has 1 fully saturated rings. The van der Waals surface area contributed by atoms with Gasteiger partial charge in [-0.05, 0) is 30.9 Å². The lowest BCUT2D eigenvalue weighted by molar-refractivity contribution is 0.164. The van der Waals surface area contributed by atoms with Gasteiger partial charge in [0.15, 0.2) is 0 Å². The van der Waals surface area contributed by atoms with Crippen LogP contribution in [0.15, 0.2) is 29.2 Å². The average molecular weight is 304 g/mol. The van der Waals surface area contributed by atoms with Gasteiger partial charge >= 0.3 is 0 Å². The van der Waals surface area contributed by atoms with Crippen LogP contribution < -0.4 is 4.72 Å². The summed E-state index contributed by atoms with van der Waals surface area (Å²) in [6.07, 6.45) is 3.63. The Morgan fingerprint density at radius 2 is 1.95 bits per heavy atom. The summed E-state index contributed by atoms with van der Waals surface area (Å²) in [4.78, 5) is 0.0962. The van der Waals surface area contributed by atoms with Crippen LogP contribution in [0.1, 0.15) is 25.7 Å². The van der Waals surface area contributed by atoms with E-state index in [0.29, 0.717) is 0 Å². The second kappa shape index (κ2) is 6.22. The molecule has 1 aliphatic rings. The molecule has 0 radical (unpaired) electrons. The van der Waals surface area contributed by atoms with Crippen LogP contribution in [0.2, 0.25) is 5.02 Å². The smallest absolute Gasteiger partial charge is 0.242 e. The highest BCUT2D eigenvalue weighted by Crippen LogP contribution is 2.27. The summed E-state index contributed by atoms with van der Waals surface area (Å²) in [5, 5.41) is 9.54. The number of aliphatic hydroxyl groups is 1. The Hall–Kier alpha value is -0.620. The third-order valence-corrected chi connectivity index (χ3v) is 5.57. The fraction of sp³-hybridized carbons (Fsp3) is 0.538. The number of halogens is 1. The van der Waals surface area contributed by atoms with E-state index in [4.69, 9.17) is 11.6 Å². The summed E-state index contributed by atoms with van der Waals surface area (Å²) in [6.45, 7) is 0.00963. The van der Waals surface area contributed by atoms with Crippen molar-refractivity contribution in [2.75, 3.05) is 6.61 Å². The summed E-state index contributed by atoms with van der Waals surface area (Å²) in [5.41, 5.74) is 0. The maximum absolute atomic E-state index is 12.3. The first-order valence-electron chi connectivity index (χ1n) is 6.42. The zero-order chi connectivity index (χ0) is 13.9. The van der Waals surface area contributed by atoms with Crippen molar-refractivity contribution in [2.24, 2.45) is 5.92 Å². The first kappa shape index (κ1) is 14.8. The lowest BCUT2D eigenvalue weighted by Gasteiger charge is -2.30. The minimum Gasteiger partial charge on any atom is -0.396 e. The molecule has 2 unspecified atom stereocenters. The molecule has 19 heavy (non-hydrogen) atoms. The molecule has 6 heteroatoms. The zero-order valence-corrected chi connectivity index (χ0v) is 12.1. The zero-order valence-electron chi connectivity index (χ0n) is 10.5. The highest BCUT2D eigenvalue weighted by molar-refractivity contribution is 7.89. The SMILES string of the molecule is O=S(=O)(NC1CCCCC1CO)c1ccccc1Cl. The van der Waals surface area contributed by atoms with Gasteiger partial charge in [-0.3, -0.25) is 0 Å². The lowest BCUT2D eigenvalue weighted by Crippen LogP contribution is -2.43. The maximum atomic E-state index is 12.3. The Morgan fingerprint density at radius 3 is 2.63 bits per heavy atom. The Bertz CT molecular complexity index is 532. The molecule has 1 aromatic rings. The van der Waals surface area contributed by atoms with Gasteiger partial charge in [-0.2, -0.15) is 0 Å². The second-order valence-electron chi connectivity index (χ2n) is 4.89. The van der Waals surface area contributed by atoms with Crippen molar-refractivity contribution in [3.8, 4) is 0 Å². The number of hydrogen-bond donors (Lipinski definition) is 2. The highest BCUT2D eigenvalue weighted by Gasteiger charge is 2.29. The van der Waals surface area contributed by atoms with E-state index in [1.165, 1.54) is 6.07 Å². The molecule has 2 atom stereocenters.